The fraction of sp³-hybridized carbons (Fsp3) is 0.300. The van der Waals surface area contributed by atoms with Crippen molar-refractivity contribution in [3.8, 4) is 11.1 Å². The van der Waals surface area contributed by atoms with E-state index in [2.05, 4.69) is 20.0 Å². The molecule has 1 amide bonds. The van der Waals surface area contributed by atoms with Crippen LogP contribution in [0.5, 0.6) is 0 Å². The number of hydrogen-bond donors (Lipinski definition) is 3. The summed E-state index contributed by atoms with van der Waals surface area (Å²) in [4.78, 5) is 19.7. The summed E-state index contributed by atoms with van der Waals surface area (Å²) in [5.74, 6) is -0.0644. The molecular formula is C20H24N4O4S. The second-order valence-corrected chi connectivity index (χ2v) is 8.49. The average Bonchev–Trinajstić information content (AvgIpc) is 3.07. The minimum absolute atomic E-state index is 0.0644. The van der Waals surface area contributed by atoms with Gasteiger partial charge in [0, 0.05) is 43.2 Å². The number of methoxy groups -OCH3 is 1. The molecule has 0 aliphatic rings. The minimum Gasteiger partial charge on any atom is -0.385 e. The Kier molecular flexibility index (Phi) is 6.50. The molecule has 0 bridgehead atoms. The summed E-state index contributed by atoms with van der Waals surface area (Å²) in [7, 11) is -1.69. The predicted octanol–water partition coefficient (Wildman–Crippen LogP) is 2.30. The summed E-state index contributed by atoms with van der Waals surface area (Å²) >= 11 is 0. The van der Waals surface area contributed by atoms with E-state index in [0.717, 1.165) is 34.9 Å². The largest absolute Gasteiger partial charge is 0.385 e. The van der Waals surface area contributed by atoms with E-state index in [1.54, 1.807) is 25.4 Å². The SMILES string of the molecule is COCCCNC(=O)Cc1cc2c(-c3ccc(NS(C)(=O)=O)cc3)ccnc2[nH]1. The monoisotopic (exact) mass is 416 g/mol. The number of pyridine rings is 1. The van der Waals surface area contributed by atoms with Crippen LogP contribution in [0.1, 0.15) is 12.1 Å². The van der Waals surface area contributed by atoms with E-state index in [4.69, 9.17) is 4.74 Å². The zero-order valence-electron chi connectivity index (χ0n) is 16.4. The van der Waals surface area contributed by atoms with Crippen LogP contribution >= 0.6 is 0 Å². The van der Waals surface area contributed by atoms with Crippen LogP contribution in [0.4, 0.5) is 5.69 Å². The predicted molar refractivity (Wildman–Crippen MR) is 113 cm³/mol. The number of amides is 1. The van der Waals surface area contributed by atoms with Crippen molar-refractivity contribution in [1.29, 1.82) is 0 Å². The van der Waals surface area contributed by atoms with Crippen molar-refractivity contribution in [2.24, 2.45) is 0 Å². The molecule has 29 heavy (non-hydrogen) atoms. The number of H-pyrrole nitrogens is 1. The lowest BCUT2D eigenvalue weighted by Gasteiger charge is -2.06. The van der Waals surface area contributed by atoms with E-state index in [1.807, 2.05) is 24.3 Å². The van der Waals surface area contributed by atoms with Crippen molar-refractivity contribution in [3.05, 3.63) is 48.3 Å². The van der Waals surface area contributed by atoms with E-state index in [1.165, 1.54) is 0 Å². The van der Waals surface area contributed by atoms with Gasteiger partial charge < -0.3 is 15.0 Å². The molecule has 2 heterocycles. The molecule has 0 saturated heterocycles. The Labute approximate surface area is 169 Å². The fourth-order valence-electron chi connectivity index (χ4n) is 3.04. The Morgan fingerprint density at radius 1 is 1.21 bits per heavy atom. The topological polar surface area (TPSA) is 113 Å². The van der Waals surface area contributed by atoms with E-state index in [-0.39, 0.29) is 12.3 Å². The van der Waals surface area contributed by atoms with E-state index in [9.17, 15) is 13.2 Å². The first-order valence-corrected chi connectivity index (χ1v) is 11.1. The van der Waals surface area contributed by atoms with Crippen LogP contribution in [0.3, 0.4) is 0 Å². The molecule has 0 fully saturated rings. The van der Waals surface area contributed by atoms with Gasteiger partial charge in [-0.25, -0.2) is 13.4 Å². The molecular weight excluding hydrogens is 392 g/mol. The number of nitrogens with zero attached hydrogens (tertiary/aromatic N) is 1. The number of hydrogen-bond acceptors (Lipinski definition) is 5. The van der Waals surface area contributed by atoms with Crippen LogP contribution in [-0.2, 0) is 26.0 Å². The van der Waals surface area contributed by atoms with Gasteiger partial charge in [0.1, 0.15) is 5.65 Å². The molecule has 3 N–H and O–H groups in total. The zero-order valence-corrected chi connectivity index (χ0v) is 17.2. The Morgan fingerprint density at radius 3 is 2.66 bits per heavy atom. The van der Waals surface area contributed by atoms with Gasteiger partial charge in [-0.2, -0.15) is 0 Å². The number of aromatic amines is 1. The number of ether oxygens (including phenoxy) is 1. The van der Waals surface area contributed by atoms with Crippen molar-refractivity contribution >= 4 is 32.7 Å². The van der Waals surface area contributed by atoms with Gasteiger partial charge in [-0.15, -0.1) is 0 Å². The zero-order chi connectivity index (χ0) is 20.9. The first-order chi connectivity index (χ1) is 13.9. The summed E-state index contributed by atoms with van der Waals surface area (Å²) in [6.07, 6.45) is 3.82. The number of sulfonamides is 1. The Hall–Kier alpha value is -2.91. The van der Waals surface area contributed by atoms with Crippen molar-refractivity contribution in [2.45, 2.75) is 12.8 Å². The van der Waals surface area contributed by atoms with Crippen molar-refractivity contribution in [3.63, 3.8) is 0 Å². The molecule has 154 valence electrons. The van der Waals surface area contributed by atoms with Gasteiger partial charge in [-0.1, -0.05) is 12.1 Å². The second kappa shape index (κ2) is 9.06. The quantitative estimate of drug-likeness (QED) is 0.463. The van der Waals surface area contributed by atoms with Crippen LogP contribution in [0, 0.1) is 0 Å². The molecule has 0 spiro atoms. The molecule has 2 aromatic heterocycles. The number of nitrogens with one attached hydrogen (secondary N) is 3. The van der Waals surface area contributed by atoms with E-state index in [0.29, 0.717) is 24.5 Å². The lowest BCUT2D eigenvalue weighted by Crippen LogP contribution is -2.26. The number of aromatic nitrogens is 2. The maximum absolute atomic E-state index is 12.1. The summed E-state index contributed by atoms with van der Waals surface area (Å²) in [5.41, 5.74) is 3.85. The Morgan fingerprint density at radius 2 is 1.97 bits per heavy atom. The van der Waals surface area contributed by atoms with Gasteiger partial charge in [0.25, 0.3) is 0 Å². The van der Waals surface area contributed by atoms with E-state index >= 15 is 0 Å². The van der Waals surface area contributed by atoms with Gasteiger partial charge in [-0.05, 0) is 41.8 Å². The van der Waals surface area contributed by atoms with Crippen LogP contribution < -0.4 is 10.0 Å². The first kappa shape index (κ1) is 20.8. The van der Waals surface area contributed by atoms with Crippen molar-refractivity contribution in [1.82, 2.24) is 15.3 Å². The number of fused-ring (bicyclic) bond motifs is 1. The highest BCUT2D eigenvalue weighted by Gasteiger charge is 2.11. The lowest BCUT2D eigenvalue weighted by molar-refractivity contribution is -0.120. The normalized spacial score (nSPS) is 11.5. The number of carbonyl (C=O) groups is 1. The maximum atomic E-state index is 12.1. The highest BCUT2D eigenvalue weighted by atomic mass is 32.2. The highest BCUT2D eigenvalue weighted by molar-refractivity contribution is 7.92. The second-order valence-electron chi connectivity index (χ2n) is 6.74. The van der Waals surface area contributed by atoms with Crippen LogP contribution in [0.2, 0.25) is 0 Å². The molecule has 3 rings (SSSR count). The summed E-state index contributed by atoms with van der Waals surface area (Å²) in [6, 6.07) is 10.9. The Balaban J connectivity index is 1.77. The third-order valence-electron chi connectivity index (χ3n) is 4.29. The molecule has 0 aliphatic heterocycles. The molecule has 0 atom stereocenters. The molecule has 0 aliphatic carbocycles. The minimum atomic E-state index is -3.32. The summed E-state index contributed by atoms with van der Waals surface area (Å²) in [5, 5.41) is 3.77. The number of anilines is 1. The van der Waals surface area contributed by atoms with Crippen LogP contribution in [0.25, 0.3) is 22.2 Å². The van der Waals surface area contributed by atoms with Gasteiger partial charge in [0.2, 0.25) is 15.9 Å². The number of rotatable bonds is 9. The molecule has 8 nitrogen and oxygen atoms in total. The van der Waals surface area contributed by atoms with Crippen molar-refractivity contribution < 1.29 is 17.9 Å². The molecule has 0 saturated carbocycles. The van der Waals surface area contributed by atoms with Gasteiger partial charge in [-0.3, -0.25) is 9.52 Å². The van der Waals surface area contributed by atoms with Gasteiger partial charge in [0.15, 0.2) is 0 Å². The smallest absolute Gasteiger partial charge is 0.229 e. The fourth-order valence-corrected chi connectivity index (χ4v) is 3.60. The Bertz CT molecular complexity index is 1090. The standard InChI is InChI=1S/C20H24N4O4S/c1-28-11-3-9-21-19(25)13-16-12-18-17(8-10-22-20(18)23-16)14-4-6-15(7-5-14)24-29(2,26)27/h4-8,10,12,24H,3,9,11,13H2,1-2H3,(H,21,25)(H,22,23). The van der Waals surface area contributed by atoms with Gasteiger partial charge >= 0.3 is 0 Å². The lowest BCUT2D eigenvalue weighted by atomic mass is 10.0. The van der Waals surface area contributed by atoms with E-state index < -0.39 is 10.0 Å². The average molecular weight is 417 g/mol. The molecule has 0 unspecified atom stereocenters. The molecule has 3 aromatic rings. The first-order valence-electron chi connectivity index (χ1n) is 9.16. The van der Waals surface area contributed by atoms with Crippen LogP contribution in [0.15, 0.2) is 42.6 Å². The maximum Gasteiger partial charge on any atom is 0.229 e. The third-order valence-corrected chi connectivity index (χ3v) is 4.89. The van der Waals surface area contributed by atoms with Crippen LogP contribution in [-0.4, -0.2) is 50.8 Å². The molecule has 0 radical (unpaired) electrons. The number of benzene rings is 1. The number of carbonyl (C=O) groups excluding carboxylic acids is 1. The van der Waals surface area contributed by atoms with Gasteiger partial charge in [0.05, 0.1) is 12.7 Å². The third kappa shape index (κ3) is 5.78. The summed E-state index contributed by atoms with van der Waals surface area (Å²) < 4.78 is 30.1. The van der Waals surface area contributed by atoms with Crippen molar-refractivity contribution in [2.75, 3.05) is 31.2 Å². The summed E-state index contributed by atoms with van der Waals surface area (Å²) in [6.45, 7) is 1.18. The highest BCUT2D eigenvalue weighted by Crippen LogP contribution is 2.29. The molecule has 1 aromatic carbocycles. The molecule has 9 heteroatoms.